The molecule has 0 radical (unpaired) electrons. The highest BCUT2D eigenvalue weighted by Gasteiger charge is 2.23. The molecule has 2 aliphatic heterocycles. The van der Waals surface area contributed by atoms with Gasteiger partial charge in [0.25, 0.3) is 0 Å². The smallest absolute Gasteiger partial charge is 0.222 e. The van der Waals surface area contributed by atoms with Crippen molar-refractivity contribution in [3.05, 3.63) is 70.8 Å². The van der Waals surface area contributed by atoms with Crippen LogP contribution in [-0.2, 0) is 24.2 Å². The molecule has 4 nitrogen and oxygen atoms in total. The fraction of sp³-hybridized carbons (Fsp3) is 0.533. The van der Waals surface area contributed by atoms with Gasteiger partial charge in [0.05, 0.1) is 0 Å². The number of carbonyl (C=O) groups excluding carboxylic acids is 2. The Bertz CT molecular complexity index is 948. The van der Waals surface area contributed by atoms with Crippen LogP contribution in [0, 0.1) is 5.92 Å². The molecular formula is C30H40N2O2. The van der Waals surface area contributed by atoms with Crippen LogP contribution in [0.4, 0.5) is 0 Å². The molecule has 1 saturated heterocycles. The monoisotopic (exact) mass is 460 g/mol. The van der Waals surface area contributed by atoms with Crippen LogP contribution in [0.3, 0.4) is 0 Å². The third kappa shape index (κ3) is 6.79. The van der Waals surface area contributed by atoms with Gasteiger partial charge in [0.15, 0.2) is 5.78 Å². The quantitative estimate of drug-likeness (QED) is 0.452. The fourth-order valence-electron chi connectivity index (χ4n) is 5.38. The molecule has 34 heavy (non-hydrogen) atoms. The molecule has 0 atom stereocenters. The Hall–Kier alpha value is -2.46. The van der Waals surface area contributed by atoms with E-state index in [0.29, 0.717) is 24.7 Å². The first kappa shape index (κ1) is 24.7. The first-order valence-electron chi connectivity index (χ1n) is 13.3. The second kappa shape index (κ2) is 12.3. The highest BCUT2D eigenvalue weighted by molar-refractivity contribution is 5.96. The zero-order chi connectivity index (χ0) is 23.8. The van der Waals surface area contributed by atoms with Crippen LogP contribution in [0.5, 0.6) is 0 Å². The molecule has 0 aliphatic carbocycles. The number of carbonyl (C=O) groups is 2. The number of fused-ring (bicyclic) bond motifs is 1. The molecule has 1 amide bonds. The Kier molecular flexibility index (Phi) is 8.92. The lowest BCUT2D eigenvalue weighted by Gasteiger charge is -2.32. The molecule has 0 N–H and O–H groups in total. The average Bonchev–Trinajstić information content (AvgIpc) is 3.08. The zero-order valence-corrected chi connectivity index (χ0v) is 20.8. The third-order valence-electron chi connectivity index (χ3n) is 7.66. The fourth-order valence-corrected chi connectivity index (χ4v) is 5.38. The van der Waals surface area contributed by atoms with Crippen molar-refractivity contribution >= 4 is 11.7 Å². The van der Waals surface area contributed by atoms with Gasteiger partial charge in [0, 0.05) is 51.1 Å². The molecule has 2 aromatic carbocycles. The molecule has 0 aromatic heterocycles. The summed E-state index contributed by atoms with van der Waals surface area (Å²) in [6.45, 7) is 6.94. The maximum absolute atomic E-state index is 13.0. The summed E-state index contributed by atoms with van der Waals surface area (Å²) in [4.78, 5) is 29.8. The van der Waals surface area contributed by atoms with E-state index in [0.717, 1.165) is 83.2 Å². The summed E-state index contributed by atoms with van der Waals surface area (Å²) in [6, 6.07) is 17.1. The van der Waals surface area contributed by atoms with E-state index in [4.69, 9.17) is 0 Å². The number of hydrogen-bond acceptors (Lipinski definition) is 3. The van der Waals surface area contributed by atoms with Crippen LogP contribution >= 0.6 is 0 Å². The summed E-state index contributed by atoms with van der Waals surface area (Å²) in [5.41, 5.74) is 4.98. The predicted molar refractivity (Wildman–Crippen MR) is 138 cm³/mol. The SMILES string of the molecule is CCCCC(=O)N1CCC(CCC(=O)c2ccc3c(c2)CCN(Cc2ccccc2)CC3)CC1. The lowest BCUT2D eigenvalue weighted by atomic mass is 9.89. The molecule has 182 valence electrons. The highest BCUT2D eigenvalue weighted by Crippen LogP contribution is 2.25. The van der Waals surface area contributed by atoms with Gasteiger partial charge in [-0.25, -0.2) is 0 Å². The third-order valence-corrected chi connectivity index (χ3v) is 7.66. The second-order valence-corrected chi connectivity index (χ2v) is 10.1. The zero-order valence-electron chi connectivity index (χ0n) is 20.8. The minimum atomic E-state index is 0.273. The molecule has 1 fully saturated rings. The van der Waals surface area contributed by atoms with Crippen LogP contribution in [0.25, 0.3) is 0 Å². The number of amides is 1. The lowest BCUT2D eigenvalue weighted by Crippen LogP contribution is -2.38. The summed E-state index contributed by atoms with van der Waals surface area (Å²) >= 11 is 0. The van der Waals surface area contributed by atoms with Gasteiger partial charge in [-0.1, -0.05) is 55.8 Å². The van der Waals surface area contributed by atoms with E-state index >= 15 is 0 Å². The number of nitrogens with zero attached hydrogens (tertiary/aromatic N) is 2. The van der Waals surface area contributed by atoms with Gasteiger partial charge < -0.3 is 4.90 Å². The molecular weight excluding hydrogens is 420 g/mol. The van der Waals surface area contributed by atoms with E-state index < -0.39 is 0 Å². The van der Waals surface area contributed by atoms with Crippen LogP contribution in [0.15, 0.2) is 48.5 Å². The standard InChI is InChI=1S/C30H40N2O2/c1-2-3-9-30(34)32-20-14-24(15-21-32)10-13-29(33)28-12-11-26-16-18-31(19-17-27(26)22-28)23-25-7-5-4-6-8-25/h4-8,11-12,22,24H,2-3,9-10,13-21,23H2,1H3. The van der Waals surface area contributed by atoms with Gasteiger partial charge in [-0.15, -0.1) is 0 Å². The van der Waals surface area contributed by atoms with Crippen molar-refractivity contribution in [3.8, 4) is 0 Å². The minimum absolute atomic E-state index is 0.273. The number of ketones is 1. The van der Waals surface area contributed by atoms with Crippen LogP contribution in [0.1, 0.15) is 78.9 Å². The molecule has 0 bridgehead atoms. The van der Waals surface area contributed by atoms with E-state index in [2.05, 4.69) is 54.3 Å². The molecule has 0 saturated carbocycles. The van der Waals surface area contributed by atoms with Gasteiger partial charge in [0.1, 0.15) is 0 Å². The molecule has 0 spiro atoms. The van der Waals surface area contributed by atoms with Gasteiger partial charge in [0.2, 0.25) is 5.91 Å². The van der Waals surface area contributed by atoms with Crippen molar-refractivity contribution in [3.63, 3.8) is 0 Å². The molecule has 4 heteroatoms. The number of benzene rings is 2. The van der Waals surface area contributed by atoms with Crippen molar-refractivity contribution in [2.45, 2.75) is 71.3 Å². The minimum Gasteiger partial charge on any atom is -0.343 e. The van der Waals surface area contributed by atoms with Gasteiger partial charge in [-0.2, -0.15) is 0 Å². The average molecular weight is 461 g/mol. The maximum Gasteiger partial charge on any atom is 0.222 e. The van der Waals surface area contributed by atoms with E-state index in [1.165, 1.54) is 16.7 Å². The van der Waals surface area contributed by atoms with E-state index in [1.54, 1.807) is 0 Å². The van der Waals surface area contributed by atoms with Crippen LogP contribution in [0.2, 0.25) is 0 Å². The predicted octanol–water partition coefficient (Wildman–Crippen LogP) is 5.68. The Morgan fingerprint density at radius 1 is 0.882 bits per heavy atom. The van der Waals surface area contributed by atoms with E-state index in [9.17, 15) is 9.59 Å². The number of piperidine rings is 1. The van der Waals surface area contributed by atoms with Gasteiger partial charge in [-0.3, -0.25) is 14.5 Å². The number of hydrogen-bond donors (Lipinski definition) is 0. The molecule has 2 heterocycles. The van der Waals surface area contributed by atoms with Crippen LogP contribution < -0.4 is 0 Å². The van der Waals surface area contributed by atoms with E-state index in [1.807, 2.05) is 11.0 Å². The summed E-state index contributed by atoms with van der Waals surface area (Å²) in [5, 5.41) is 0. The van der Waals surface area contributed by atoms with Crippen molar-refractivity contribution < 1.29 is 9.59 Å². The van der Waals surface area contributed by atoms with Crippen molar-refractivity contribution in [1.82, 2.24) is 9.80 Å². The maximum atomic E-state index is 13.0. The number of rotatable bonds is 9. The lowest BCUT2D eigenvalue weighted by molar-refractivity contribution is -0.132. The Morgan fingerprint density at radius 2 is 1.62 bits per heavy atom. The summed E-state index contributed by atoms with van der Waals surface area (Å²) in [5.74, 6) is 1.14. The topological polar surface area (TPSA) is 40.6 Å². The molecule has 2 aromatic rings. The first-order chi connectivity index (χ1) is 16.6. The second-order valence-electron chi connectivity index (χ2n) is 10.1. The summed E-state index contributed by atoms with van der Waals surface area (Å²) in [7, 11) is 0. The van der Waals surface area contributed by atoms with Gasteiger partial charge >= 0.3 is 0 Å². The Balaban J connectivity index is 1.24. The summed E-state index contributed by atoms with van der Waals surface area (Å²) in [6.07, 6.45) is 8.42. The van der Waals surface area contributed by atoms with E-state index in [-0.39, 0.29) is 5.78 Å². The molecule has 4 rings (SSSR count). The van der Waals surface area contributed by atoms with Gasteiger partial charge in [-0.05, 0) is 67.2 Å². The highest BCUT2D eigenvalue weighted by atomic mass is 16.2. The van der Waals surface area contributed by atoms with Crippen LogP contribution in [-0.4, -0.2) is 47.7 Å². The normalized spacial score (nSPS) is 17.3. The number of Topliss-reactive ketones (excluding diaryl/α,β-unsaturated/α-hetero) is 1. The Morgan fingerprint density at radius 3 is 2.35 bits per heavy atom. The number of likely N-dealkylation sites (tertiary alicyclic amines) is 1. The Labute approximate surface area is 205 Å². The molecule has 0 unspecified atom stereocenters. The summed E-state index contributed by atoms with van der Waals surface area (Å²) < 4.78 is 0. The first-order valence-corrected chi connectivity index (χ1v) is 13.3. The largest absolute Gasteiger partial charge is 0.343 e. The molecule has 2 aliphatic rings. The van der Waals surface area contributed by atoms with Crippen molar-refractivity contribution in [2.24, 2.45) is 5.92 Å². The number of unbranched alkanes of at least 4 members (excludes halogenated alkanes) is 1. The van der Waals surface area contributed by atoms with Crippen molar-refractivity contribution in [1.29, 1.82) is 0 Å². The van der Waals surface area contributed by atoms with Crippen molar-refractivity contribution in [2.75, 3.05) is 26.2 Å².